The lowest BCUT2D eigenvalue weighted by molar-refractivity contribution is -0.121. The van der Waals surface area contributed by atoms with Crippen molar-refractivity contribution in [3.05, 3.63) is 0 Å². The Kier molecular flexibility index (Phi) is 9.67. The van der Waals surface area contributed by atoms with Crippen molar-refractivity contribution in [2.24, 2.45) is 11.7 Å². The van der Waals surface area contributed by atoms with E-state index in [1.54, 1.807) is 0 Å². The van der Waals surface area contributed by atoms with Gasteiger partial charge in [0.15, 0.2) is 0 Å². The van der Waals surface area contributed by atoms with Crippen LogP contribution in [0.3, 0.4) is 0 Å². The maximum atomic E-state index is 11.8. The summed E-state index contributed by atoms with van der Waals surface area (Å²) in [5.74, 6) is 0.788. The number of carbonyl (C=O) groups excluding carboxylic acids is 1. The Morgan fingerprint density at radius 2 is 2.20 bits per heavy atom. The maximum absolute atomic E-state index is 11.8. The van der Waals surface area contributed by atoms with Gasteiger partial charge in [-0.2, -0.15) is 0 Å². The van der Waals surface area contributed by atoms with Gasteiger partial charge < -0.3 is 15.8 Å². The van der Waals surface area contributed by atoms with E-state index in [1.165, 1.54) is 25.7 Å². The van der Waals surface area contributed by atoms with Crippen LogP contribution in [0.5, 0.6) is 0 Å². The quantitative estimate of drug-likeness (QED) is 0.648. The minimum absolute atomic E-state index is 0.180. The van der Waals surface area contributed by atoms with Gasteiger partial charge in [0.2, 0.25) is 5.91 Å². The van der Waals surface area contributed by atoms with Crippen molar-refractivity contribution in [3.8, 4) is 0 Å². The molecule has 20 heavy (non-hydrogen) atoms. The molecule has 0 aromatic carbocycles. The Bertz CT molecular complexity index is 247. The summed E-state index contributed by atoms with van der Waals surface area (Å²) in [6.07, 6.45) is 9.89. The molecule has 0 bridgehead atoms. The molecule has 0 saturated carbocycles. The highest BCUT2D eigenvalue weighted by atomic mass is 16.5. The van der Waals surface area contributed by atoms with Crippen molar-refractivity contribution in [1.29, 1.82) is 0 Å². The molecule has 1 aliphatic heterocycles. The molecule has 1 heterocycles. The van der Waals surface area contributed by atoms with E-state index < -0.39 is 0 Å². The summed E-state index contributed by atoms with van der Waals surface area (Å²) in [6.45, 7) is 4.55. The summed E-state index contributed by atoms with van der Waals surface area (Å²) in [4.78, 5) is 11.8. The van der Waals surface area contributed by atoms with Crippen LogP contribution in [0.15, 0.2) is 0 Å². The van der Waals surface area contributed by atoms with Crippen LogP contribution in [0.1, 0.15) is 64.7 Å². The lowest BCUT2D eigenvalue weighted by atomic mass is 9.94. The summed E-state index contributed by atoms with van der Waals surface area (Å²) >= 11 is 0. The van der Waals surface area contributed by atoms with Gasteiger partial charge in [0.05, 0.1) is 6.10 Å². The molecular formula is C16H32N2O2. The molecule has 1 fully saturated rings. The Balaban J connectivity index is 2.06. The molecule has 4 heteroatoms. The second-order valence-electron chi connectivity index (χ2n) is 5.90. The lowest BCUT2D eigenvalue weighted by Gasteiger charge is -2.22. The number of ether oxygens (including phenoxy) is 1. The van der Waals surface area contributed by atoms with Gasteiger partial charge in [-0.25, -0.2) is 0 Å². The molecule has 0 radical (unpaired) electrons. The predicted octanol–water partition coefficient (Wildman–Crippen LogP) is 2.61. The fourth-order valence-corrected chi connectivity index (χ4v) is 2.91. The van der Waals surface area contributed by atoms with Crippen LogP contribution in [0, 0.1) is 5.92 Å². The fourth-order valence-electron chi connectivity index (χ4n) is 2.91. The van der Waals surface area contributed by atoms with E-state index in [1.807, 2.05) is 0 Å². The molecule has 0 aromatic rings. The van der Waals surface area contributed by atoms with Crippen LogP contribution in [-0.2, 0) is 9.53 Å². The van der Waals surface area contributed by atoms with E-state index in [2.05, 4.69) is 12.2 Å². The average Bonchev–Trinajstić information content (AvgIpc) is 2.46. The van der Waals surface area contributed by atoms with Crippen LogP contribution in [0.25, 0.3) is 0 Å². The summed E-state index contributed by atoms with van der Waals surface area (Å²) in [5.41, 5.74) is 5.61. The lowest BCUT2D eigenvalue weighted by Crippen LogP contribution is -2.29. The summed E-state index contributed by atoms with van der Waals surface area (Å²) in [5, 5.41) is 3.02. The molecule has 4 nitrogen and oxygen atoms in total. The van der Waals surface area contributed by atoms with Crippen molar-refractivity contribution in [2.45, 2.75) is 70.8 Å². The third kappa shape index (κ3) is 7.85. The Morgan fingerprint density at radius 1 is 1.35 bits per heavy atom. The van der Waals surface area contributed by atoms with Crippen LogP contribution >= 0.6 is 0 Å². The van der Waals surface area contributed by atoms with Crippen LogP contribution in [0.2, 0.25) is 0 Å². The number of amides is 1. The van der Waals surface area contributed by atoms with Crippen molar-refractivity contribution >= 4 is 5.91 Å². The van der Waals surface area contributed by atoms with Gasteiger partial charge in [-0.15, -0.1) is 0 Å². The normalized spacial score (nSPS) is 20.6. The molecule has 0 aromatic heterocycles. The van der Waals surface area contributed by atoms with Gasteiger partial charge in [0, 0.05) is 19.6 Å². The number of hydrogen-bond donors (Lipinski definition) is 2. The highest BCUT2D eigenvalue weighted by Crippen LogP contribution is 2.17. The zero-order valence-corrected chi connectivity index (χ0v) is 13.0. The smallest absolute Gasteiger partial charge is 0.220 e. The van der Waals surface area contributed by atoms with Gasteiger partial charge in [-0.1, -0.05) is 19.8 Å². The molecule has 0 aliphatic carbocycles. The number of rotatable bonds is 10. The van der Waals surface area contributed by atoms with Gasteiger partial charge in [0.25, 0.3) is 0 Å². The van der Waals surface area contributed by atoms with E-state index in [9.17, 15) is 4.79 Å². The van der Waals surface area contributed by atoms with Gasteiger partial charge in [-0.3, -0.25) is 4.79 Å². The van der Waals surface area contributed by atoms with Crippen LogP contribution < -0.4 is 11.1 Å². The minimum atomic E-state index is 0.180. The second kappa shape index (κ2) is 11.1. The summed E-state index contributed by atoms with van der Waals surface area (Å²) in [7, 11) is 0. The summed E-state index contributed by atoms with van der Waals surface area (Å²) in [6, 6.07) is 0. The standard InChI is InChI=1S/C16H32N2O2/c1-2-5-14(9-11-17)7-8-16(19)18-12-10-15-6-3-4-13-20-15/h14-15H,2-13,17H2,1H3,(H,18,19). The Labute approximate surface area is 123 Å². The highest BCUT2D eigenvalue weighted by Gasteiger charge is 2.14. The molecule has 0 spiro atoms. The Hall–Kier alpha value is -0.610. The topological polar surface area (TPSA) is 64.4 Å². The van der Waals surface area contributed by atoms with Gasteiger partial charge in [0.1, 0.15) is 0 Å². The minimum Gasteiger partial charge on any atom is -0.378 e. The SMILES string of the molecule is CCCC(CCN)CCC(=O)NCCC1CCCCO1. The zero-order valence-electron chi connectivity index (χ0n) is 13.0. The van der Waals surface area contributed by atoms with Crippen molar-refractivity contribution in [1.82, 2.24) is 5.32 Å². The predicted molar refractivity (Wildman–Crippen MR) is 82.5 cm³/mol. The first-order valence-corrected chi connectivity index (χ1v) is 8.34. The van der Waals surface area contributed by atoms with E-state index in [-0.39, 0.29) is 5.91 Å². The molecule has 2 unspecified atom stereocenters. The summed E-state index contributed by atoms with van der Waals surface area (Å²) < 4.78 is 5.66. The number of hydrogen-bond acceptors (Lipinski definition) is 3. The van der Waals surface area contributed by atoms with E-state index in [0.29, 0.717) is 18.4 Å². The van der Waals surface area contributed by atoms with E-state index in [0.717, 1.165) is 45.4 Å². The first kappa shape index (κ1) is 17.4. The molecule has 1 saturated heterocycles. The van der Waals surface area contributed by atoms with Crippen molar-refractivity contribution in [2.75, 3.05) is 19.7 Å². The highest BCUT2D eigenvalue weighted by molar-refractivity contribution is 5.75. The van der Waals surface area contributed by atoms with E-state index >= 15 is 0 Å². The molecule has 118 valence electrons. The van der Waals surface area contributed by atoms with Crippen molar-refractivity contribution in [3.63, 3.8) is 0 Å². The molecule has 1 aliphatic rings. The molecular weight excluding hydrogens is 252 g/mol. The third-order valence-electron chi connectivity index (χ3n) is 4.11. The Morgan fingerprint density at radius 3 is 2.85 bits per heavy atom. The van der Waals surface area contributed by atoms with Gasteiger partial charge >= 0.3 is 0 Å². The second-order valence-corrected chi connectivity index (χ2v) is 5.90. The molecule has 1 amide bonds. The zero-order chi connectivity index (χ0) is 14.6. The third-order valence-corrected chi connectivity index (χ3v) is 4.11. The van der Waals surface area contributed by atoms with Gasteiger partial charge in [-0.05, 0) is 51.0 Å². The molecule has 3 N–H and O–H groups in total. The molecule has 1 rings (SSSR count). The average molecular weight is 284 g/mol. The first-order valence-electron chi connectivity index (χ1n) is 8.34. The maximum Gasteiger partial charge on any atom is 0.220 e. The number of carbonyl (C=O) groups is 1. The molecule has 2 atom stereocenters. The first-order chi connectivity index (χ1) is 9.76. The number of nitrogens with one attached hydrogen (secondary N) is 1. The monoisotopic (exact) mass is 284 g/mol. The van der Waals surface area contributed by atoms with Crippen LogP contribution in [0.4, 0.5) is 0 Å². The fraction of sp³-hybridized carbons (Fsp3) is 0.938. The number of nitrogens with two attached hydrogens (primary N) is 1. The van der Waals surface area contributed by atoms with Crippen molar-refractivity contribution < 1.29 is 9.53 Å². The van der Waals surface area contributed by atoms with Crippen LogP contribution in [-0.4, -0.2) is 31.7 Å². The largest absolute Gasteiger partial charge is 0.378 e. The van der Waals surface area contributed by atoms with E-state index in [4.69, 9.17) is 10.5 Å².